The zero-order valence-corrected chi connectivity index (χ0v) is 14.6. The van der Waals surface area contributed by atoms with Crippen molar-refractivity contribution in [2.75, 3.05) is 11.9 Å². The van der Waals surface area contributed by atoms with Crippen molar-refractivity contribution in [3.63, 3.8) is 0 Å². The molecule has 2 aromatic carbocycles. The number of nitrogens with zero attached hydrogens (tertiary/aromatic N) is 1. The average Bonchev–Trinajstić information content (AvgIpc) is 2.61. The number of rotatable bonds is 6. The molecule has 0 aliphatic rings. The lowest BCUT2D eigenvalue weighted by molar-refractivity contribution is -0.139. The zero-order chi connectivity index (χ0) is 19.1. The highest BCUT2D eigenvalue weighted by Gasteiger charge is 2.10. The number of aliphatic carboxylic acids is 1. The monoisotopic (exact) mass is 370 g/mol. The van der Waals surface area contributed by atoms with Crippen molar-refractivity contribution < 1.29 is 19.4 Å². The second kappa shape index (κ2) is 8.70. The Balaban J connectivity index is 2.11. The number of amides is 1. The number of hydrogen-bond donors (Lipinski definition) is 2. The van der Waals surface area contributed by atoms with Crippen LogP contribution in [-0.4, -0.2) is 23.6 Å². The average molecular weight is 371 g/mol. The summed E-state index contributed by atoms with van der Waals surface area (Å²) in [6.45, 7) is 1.40. The van der Waals surface area contributed by atoms with Crippen LogP contribution < -0.4 is 10.1 Å². The van der Waals surface area contributed by atoms with Gasteiger partial charge in [0, 0.05) is 10.7 Å². The van der Waals surface area contributed by atoms with Crippen LogP contribution in [0.25, 0.3) is 6.08 Å². The summed E-state index contributed by atoms with van der Waals surface area (Å²) >= 11 is 6.02. The van der Waals surface area contributed by atoms with Crippen LogP contribution in [0.4, 0.5) is 5.69 Å². The van der Waals surface area contributed by atoms with E-state index in [2.05, 4.69) is 5.32 Å². The molecule has 0 atom stereocenters. The van der Waals surface area contributed by atoms with Crippen LogP contribution in [0, 0.1) is 18.3 Å². The summed E-state index contributed by atoms with van der Waals surface area (Å²) in [6, 6.07) is 13.3. The van der Waals surface area contributed by atoms with Gasteiger partial charge in [0.1, 0.15) is 17.4 Å². The molecular formula is C19H15ClN2O4. The number of nitriles is 1. The number of carboxylic acid groups (broad SMARTS) is 1. The van der Waals surface area contributed by atoms with Crippen molar-refractivity contribution in [3.05, 3.63) is 64.2 Å². The van der Waals surface area contributed by atoms with E-state index in [1.165, 1.54) is 6.08 Å². The van der Waals surface area contributed by atoms with E-state index >= 15 is 0 Å². The summed E-state index contributed by atoms with van der Waals surface area (Å²) in [5, 5.41) is 20.9. The molecule has 0 spiro atoms. The number of ether oxygens (including phenoxy) is 1. The van der Waals surface area contributed by atoms with Crippen LogP contribution >= 0.6 is 11.6 Å². The molecule has 0 bridgehead atoms. The van der Waals surface area contributed by atoms with Gasteiger partial charge in [0.2, 0.25) is 0 Å². The predicted octanol–water partition coefficient (Wildman–Crippen LogP) is 3.66. The third-order valence-corrected chi connectivity index (χ3v) is 3.76. The van der Waals surface area contributed by atoms with Crippen LogP contribution in [0.1, 0.15) is 11.1 Å². The standard InChI is InChI=1S/C19H15ClN2O4/c1-12-2-5-15(9-17(12)20)22-19(25)14(10-21)8-13-3-6-16(7-4-13)26-11-18(23)24/h2-9H,11H2,1H3,(H,22,25)(H,23,24)/b14-8+. The van der Waals surface area contributed by atoms with Gasteiger partial charge in [-0.25, -0.2) is 4.79 Å². The van der Waals surface area contributed by atoms with E-state index in [1.807, 2.05) is 13.0 Å². The first-order valence-electron chi connectivity index (χ1n) is 7.53. The second-order valence-electron chi connectivity index (χ2n) is 5.34. The summed E-state index contributed by atoms with van der Waals surface area (Å²) in [7, 11) is 0. The third-order valence-electron chi connectivity index (χ3n) is 3.35. The number of hydrogen-bond acceptors (Lipinski definition) is 4. The summed E-state index contributed by atoms with van der Waals surface area (Å²) in [6.07, 6.45) is 1.42. The second-order valence-corrected chi connectivity index (χ2v) is 5.75. The molecule has 0 aliphatic carbocycles. The van der Waals surface area contributed by atoms with E-state index in [1.54, 1.807) is 42.5 Å². The van der Waals surface area contributed by atoms with Crippen LogP contribution in [0.3, 0.4) is 0 Å². The number of nitrogens with one attached hydrogen (secondary N) is 1. The van der Waals surface area contributed by atoms with Crippen molar-refractivity contribution >= 4 is 35.2 Å². The van der Waals surface area contributed by atoms with E-state index in [-0.39, 0.29) is 5.57 Å². The molecule has 2 aromatic rings. The van der Waals surface area contributed by atoms with Gasteiger partial charge in [0.25, 0.3) is 5.91 Å². The van der Waals surface area contributed by atoms with Gasteiger partial charge in [-0.3, -0.25) is 4.79 Å². The lowest BCUT2D eigenvalue weighted by atomic mass is 10.1. The SMILES string of the molecule is Cc1ccc(NC(=O)/C(C#N)=C/c2ccc(OCC(=O)O)cc2)cc1Cl. The van der Waals surface area contributed by atoms with E-state index in [4.69, 9.17) is 21.4 Å². The number of carbonyl (C=O) groups is 2. The number of carbonyl (C=O) groups excluding carboxylic acids is 1. The summed E-state index contributed by atoms with van der Waals surface area (Å²) in [5.74, 6) is -1.26. The minimum absolute atomic E-state index is 0.0825. The van der Waals surface area contributed by atoms with Crippen molar-refractivity contribution in [2.45, 2.75) is 6.92 Å². The topological polar surface area (TPSA) is 99.4 Å². The molecular weight excluding hydrogens is 356 g/mol. The van der Waals surface area contributed by atoms with Crippen LogP contribution in [0.5, 0.6) is 5.75 Å². The maximum absolute atomic E-state index is 12.3. The van der Waals surface area contributed by atoms with Gasteiger partial charge < -0.3 is 15.2 Å². The fourth-order valence-electron chi connectivity index (χ4n) is 1.99. The minimum atomic E-state index is -1.08. The Kier molecular flexibility index (Phi) is 6.36. The largest absolute Gasteiger partial charge is 0.482 e. The van der Waals surface area contributed by atoms with Gasteiger partial charge in [-0.15, -0.1) is 0 Å². The van der Waals surface area contributed by atoms with Crippen LogP contribution in [0.2, 0.25) is 5.02 Å². The Bertz CT molecular complexity index is 899. The molecule has 0 fully saturated rings. The molecule has 2 rings (SSSR count). The molecule has 26 heavy (non-hydrogen) atoms. The highest BCUT2D eigenvalue weighted by atomic mass is 35.5. The van der Waals surface area contributed by atoms with E-state index < -0.39 is 18.5 Å². The first kappa shape index (κ1) is 19.0. The highest BCUT2D eigenvalue weighted by molar-refractivity contribution is 6.31. The molecule has 0 aromatic heterocycles. The Morgan fingerprint density at radius 1 is 1.27 bits per heavy atom. The van der Waals surface area contributed by atoms with Gasteiger partial charge in [-0.1, -0.05) is 29.8 Å². The van der Waals surface area contributed by atoms with Gasteiger partial charge >= 0.3 is 5.97 Å². The number of benzene rings is 2. The Hall–Kier alpha value is -3.30. The first-order valence-corrected chi connectivity index (χ1v) is 7.91. The zero-order valence-electron chi connectivity index (χ0n) is 13.8. The fourth-order valence-corrected chi connectivity index (χ4v) is 2.17. The van der Waals surface area contributed by atoms with Gasteiger partial charge in [-0.05, 0) is 48.4 Å². The molecule has 0 heterocycles. The molecule has 0 aliphatic heterocycles. The highest BCUT2D eigenvalue weighted by Crippen LogP contribution is 2.21. The molecule has 0 saturated carbocycles. The summed E-state index contributed by atoms with van der Waals surface area (Å²) < 4.78 is 5.02. The van der Waals surface area contributed by atoms with Crippen molar-refractivity contribution in [2.24, 2.45) is 0 Å². The summed E-state index contributed by atoms with van der Waals surface area (Å²) in [5.41, 5.74) is 1.89. The number of anilines is 1. The molecule has 0 unspecified atom stereocenters. The normalized spacial score (nSPS) is 10.7. The molecule has 2 N–H and O–H groups in total. The van der Waals surface area contributed by atoms with Crippen molar-refractivity contribution in [1.82, 2.24) is 0 Å². The smallest absolute Gasteiger partial charge is 0.341 e. The molecule has 0 radical (unpaired) electrons. The van der Waals surface area contributed by atoms with Gasteiger partial charge in [-0.2, -0.15) is 5.26 Å². The van der Waals surface area contributed by atoms with Crippen molar-refractivity contribution in [1.29, 1.82) is 5.26 Å². The van der Waals surface area contributed by atoms with Gasteiger partial charge in [0.05, 0.1) is 0 Å². The molecule has 7 heteroatoms. The molecule has 0 saturated heterocycles. The van der Waals surface area contributed by atoms with Gasteiger partial charge in [0.15, 0.2) is 6.61 Å². The summed E-state index contributed by atoms with van der Waals surface area (Å²) in [4.78, 5) is 22.7. The number of aryl methyl sites for hydroxylation is 1. The number of carboxylic acids is 1. The lowest BCUT2D eigenvalue weighted by Gasteiger charge is -2.06. The lowest BCUT2D eigenvalue weighted by Crippen LogP contribution is -2.13. The third kappa shape index (κ3) is 5.36. The van der Waals surface area contributed by atoms with Crippen LogP contribution in [0.15, 0.2) is 48.0 Å². The van der Waals surface area contributed by atoms with E-state index in [0.29, 0.717) is 22.0 Å². The van der Waals surface area contributed by atoms with E-state index in [9.17, 15) is 14.9 Å². The quantitative estimate of drug-likeness (QED) is 0.597. The maximum Gasteiger partial charge on any atom is 0.341 e. The molecule has 1 amide bonds. The minimum Gasteiger partial charge on any atom is -0.482 e. The predicted molar refractivity (Wildman–Crippen MR) is 98.0 cm³/mol. The Morgan fingerprint density at radius 3 is 2.54 bits per heavy atom. The number of halogens is 1. The molecule has 132 valence electrons. The van der Waals surface area contributed by atoms with Crippen LogP contribution in [-0.2, 0) is 9.59 Å². The maximum atomic E-state index is 12.3. The molecule has 6 nitrogen and oxygen atoms in total. The fraction of sp³-hybridized carbons (Fsp3) is 0.105. The van der Waals surface area contributed by atoms with Crippen molar-refractivity contribution in [3.8, 4) is 11.8 Å². The van der Waals surface area contributed by atoms with E-state index in [0.717, 1.165) is 5.56 Å². The first-order chi connectivity index (χ1) is 12.4. The Morgan fingerprint density at radius 2 is 1.96 bits per heavy atom. The Labute approximate surface area is 155 Å².